The van der Waals surface area contributed by atoms with Crippen LogP contribution in [0.3, 0.4) is 0 Å². The third-order valence-electron chi connectivity index (χ3n) is 2.72. The number of halogens is 1. The van der Waals surface area contributed by atoms with Crippen molar-refractivity contribution in [2.24, 2.45) is 5.73 Å². The molecule has 0 heterocycles. The van der Waals surface area contributed by atoms with Gasteiger partial charge in [0, 0.05) is 0 Å². The normalized spacial score (nSPS) is 10.4. The van der Waals surface area contributed by atoms with Gasteiger partial charge in [0.2, 0.25) is 0 Å². The van der Waals surface area contributed by atoms with Gasteiger partial charge in [-0.05, 0) is 53.0 Å². The zero-order valence-electron chi connectivity index (χ0n) is 11.2. The van der Waals surface area contributed by atoms with Gasteiger partial charge >= 0.3 is 0 Å². The van der Waals surface area contributed by atoms with Crippen LogP contribution in [0.1, 0.15) is 31.7 Å². The average Bonchev–Trinajstić information content (AvgIpc) is 2.36. The van der Waals surface area contributed by atoms with E-state index >= 15 is 0 Å². The van der Waals surface area contributed by atoms with Crippen molar-refractivity contribution in [1.82, 2.24) is 0 Å². The van der Waals surface area contributed by atoms with Crippen molar-refractivity contribution in [1.29, 1.82) is 0 Å². The van der Waals surface area contributed by atoms with Gasteiger partial charge in [-0.3, -0.25) is 0 Å². The SMILES string of the molecule is CCCCCOc1c(Br)cc(CCN)cc1OC. The summed E-state index contributed by atoms with van der Waals surface area (Å²) >= 11 is 3.53. The van der Waals surface area contributed by atoms with Crippen LogP contribution in [-0.4, -0.2) is 20.3 Å². The quantitative estimate of drug-likeness (QED) is 0.746. The lowest BCUT2D eigenvalue weighted by atomic mass is 10.1. The Balaban J connectivity index is 2.76. The first-order valence-electron chi connectivity index (χ1n) is 6.42. The number of unbranched alkanes of at least 4 members (excludes halogenated alkanes) is 2. The molecule has 0 aliphatic rings. The van der Waals surface area contributed by atoms with Gasteiger partial charge in [-0.25, -0.2) is 0 Å². The Kier molecular flexibility index (Phi) is 7.13. The van der Waals surface area contributed by atoms with Crippen LogP contribution >= 0.6 is 15.9 Å². The minimum Gasteiger partial charge on any atom is -0.493 e. The Labute approximate surface area is 118 Å². The summed E-state index contributed by atoms with van der Waals surface area (Å²) in [4.78, 5) is 0. The lowest BCUT2D eigenvalue weighted by molar-refractivity contribution is 0.284. The Morgan fingerprint density at radius 2 is 2.06 bits per heavy atom. The molecule has 1 rings (SSSR count). The van der Waals surface area contributed by atoms with E-state index in [0.717, 1.165) is 41.0 Å². The fourth-order valence-corrected chi connectivity index (χ4v) is 2.35. The molecule has 0 saturated carbocycles. The number of benzene rings is 1. The molecule has 1 aromatic carbocycles. The fourth-order valence-electron chi connectivity index (χ4n) is 1.75. The Bertz CT molecular complexity index is 369. The molecular weight excluding hydrogens is 294 g/mol. The summed E-state index contributed by atoms with van der Waals surface area (Å²) in [5, 5.41) is 0. The van der Waals surface area contributed by atoms with Crippen molar-refractivity contribution >= 4 is 15.9 Å². The molecule has 0 aliphatic carbocycles. The van der Waals surface area contributed by atoms with E-state index in [0.29, 0.717) is 6.54 Å². The molecule has 2 N–H and O–H groups in total. The van der Waals surface area contributed by atoms with Crippen LogP contribution in [0, 0.1) is 0 Å². The molecule has 0 fully saturated rings. The molecule has 0 radical (unpaired) electrons. The molecular formula is C14H22BrNO2. The minimum atomic E-state index is 0.631. The fraction of sp³-hybridized carbons (Fsp3) is 0.571. The number of methoxy groups -OCH3 is 1. The summed E-state index contributed by atoms with van der Waals surface area (Å²) in [7, 11) is 1.66. The molecule has 102 valence electrons. The van der Waals surface area contributed by atoms with Crippen LogP contribution < -0.4 is 15.2 Å². The standard InChI is InChI=1S/C14H22BrNO2/c1-3-4-5-8-18-14-12(15)9-11(6-7-16)10-13(14)17-2/h9-10H,3-8,16H2,1-2H3. The van der Waals surface area contributed by atoms with E-state index in [1.54, 1.807) is 7.11 Å². The maximum atomic E-state index is 5.79. The molecule has 0 aromatic heterocycles. The van der Waals surface area contributed by atoms with Gasteiger partial charge < -0.3 is 15.2 Å². The smallest absolute Gasteiger partial charge is 0.175 e. The van der Waals surface area contributed by atoms with E-state index in [1.165, 1.54) is 12.8 Å². The summed E-state index contributed by atoms with van der Waals surface area (Å²) in [5.74, 6) is 1.55. The van der Waals surface area contributed by atoms with Crippen molar-refractivity contribution in [3.05, 3.63) is 22.2 Å². The van der Waals surface area contributed by atoms with Gasteiger partial charge in [0.25, 0.3) is 0 Å². The second kappa shape index (κ2) is 8.38. The number of ether oxygens (including phenoxy) is 2. The zero-order valence-corrected chi connectivity index (χ0v) is 12.8. The highest BCUT2D eigenvalue weighted by Gasteiger charge is 2.11. The first-order chi connectivity index (χ1) is 8.72. The molecule has 0 amide bonds. The number of rotatable bonds is 8. The molecule has 0 unspecified atom stereocenters. The van der Waals surface area contributed by atoms with E-state index < -0.39 is 0 Å². The zero-order chi connectivity index (χ0) is 13.4. The minimum absolute atomic E-state index is 0.631. The molecule has 18 heavy (non-hydrogen) atoms. The summed E-state index contributed by atoms with van der Waals surface area (Å²) in [5.41, 5.74) is 6.72. The lowest BCUT2D eigenvalue weighted by Crippen LogP contribution is -2.04. The highest BCUT2D eigenvalue weighted by atomic mass is 79.9. The second-order valence-electron chi connectivity index (χ2n) is 4.20. The van der Waals surface area contributed by atoms with Gasteiger partial charge in [-0.2, -0.15) is 0 Å². The molecule has 0 saturated heterocycles. The third-order valence-corrected chi connectivity index (χ3v) is 3.31. The van der Waals surface area contributed by atoms with E-state index in [9.17, 15) is 0 Å². The molecule has 3 nitrogen and oxygen atoms in total. The van der Waals surface area contributed by atoms with Crippen molar-refractivity contribution in [3.63, 3.8) is 0 Å². The molecule has 1 aromatic rings. The highest BCUT2D eigenvalue weighted by molar-refractivity contribution is 9.10. The predicted octanol–water partition coefficient (Wildman–Crippen LogP) is 3.53. The van der Waals surface area contributed by atoms with Gasteiger partial charge in [-0.15, -0.1) is 0 Å². The van der Waals surface area contributed by atoms with Crippen LogP contribution in [0.5, 0.6) is 11.5 Å². The van der Waals surface area contributed by atoms with Gasteiger partial charge in [0.1, 0.15) is 0 Å². The summed E-state index contributed by atoms with van der Waals surface area (Å²) in [6, 6.07) is 4.04. The maximum absolute atomic E-state index is 5.79. The second-order valence-corrected chi connectivity index (χ2v) is 5.06. The first kappa shape index (κ1) is 15.3. The van der Waals surface area contributed by atoms with Crippen molar-refractivity contribution in [2.45, 2.75) is 32.6 Å². The monoisotopic (exact) mass is 315 g/mol. The summed E-state index contributed by atoms with van der Waals surface area (Å²) < 4.78 is 12.1. The van der Waals surface area contributed by atoms with Crippen LogP contribution in [0.25, 0.3) is 0 Å². The summed E-state index contributed by atoms with van der Waals surface area (Å²) in [6.07, 6.45) is 4.28. The Hall–Kier alpha value is -0.740. The largest absolute Gasteiger partial charge is 0.493 e. The molecule has 0 bridgehead atoms. The molecule has 0 atom stereocenters. The van der Waals surface area contributed by atoms with Gasteiger partial charge in [0.15, 0.2) is 11.5 Å². The Morgan fingerprint density at radius 3 is 2.67 bits per heavy atom. The Morgan fingerprint density at radius 1 is 1.28 bits per heavy atom. The van der Waals surface area contributed by atoms with E-state index in [4.69, 9.17) is 15.2 Å². The summed E-state index contributed by atoms with van der Waals surface area (Å²) in [6.45, 7) is 3.53. The number of hydrogen-bond donors (Lipinski definition) is 1. The topological polar surface area (TPSA) is 44.5 Å². The molecule has 0 spiro atoms. The van der Waals surface area contributed by atoms with Crippen LogP contribution in [0.4, 0.5) is 0 Å². The van der Waals surface area contributed by atoms with E-state index in [2.05, 4.69) is 22.9 Å². The van der Waals surface area contributed by atoms with Crippen LogP contribution in [0.2, 0.25) is 0 Å². The van der Waals surface area contributed by atoms with Crippen molar-refractivity contribution < 1.29 is 9.47 Å². The van der Waals surface area contributed by atoms with Crippen LogP contribution in [0.15, 0.2) is 16.6 Å². The van der Waals surface area contributed by atoms with Crippen molar-refractivity contribution in [3.8, 4) is 11.5 Å². The number of hydrogen-bond acceptors (Lipinski definition) is 3. The van der Waals surface area contributed by atoms with E-state index in [1.807, 2.05) is 12.1 Å². The van der Waals surface area contributed by atoms with Gasteiger partial charge in [-0.1, -0.05) is 19.8 Å². The lowest BCUT2D eigenvalue weighted by Gasteiger charge is -2.14. The average molecular weight is 316 g/mol. The highest BCUT2D eigenvalue weighted by Crippen LogP contribution is 2.36. The first-order valence-corrected chi connectivity index (χ1v) is 7.21. The predicted molar refractivity (Wildman–Crippen MR) is 78.5 cm³/mol. The van der Waals surface area contributed by atoms with Gasteiger partial charge in [0.05, 0.1) is 18.2 Å². The number of nitrogens with two attached hydrogens (primary N) is 1. The maximum Gasteiger partial charge on any atom is 0.175 e. The van der Waals surface area contributed by atoms with E-state index in [-0.39, 0.29) is 0 Å². The van der Waals surface area contributed by atoms with Crippen LogP contribution in [-0.2, 0) is 6.42 Å². The molecule has 4 heteroatoms. The molecule has 0 aliphatic heterocycles. The third kappa shape index (κ3) is 4.50. The van der Waals surface area contributed by atoms with Crippen molar-refractivity contribution in [2.75, 3.05) is 20.3 Å².